The molecule has 3 aromatic rings. The quantitative estimate of drug-likeness (QED) is 0.511. The molecule has 2 heterocycles. The van der Waals surface area contributed by atoms with E-state index in [2.05, 4.69) is 28.5 Å². The van der Waals surface area contributed by atoms with Crippen LogP contribution in [0.3, 0.4) is 0 Å². The highest BCUT2D eigenvalue weighted by Crippen LogP contribution is 2.41. The number of anilines is 1. The molecule has 0 saturated carbocycles. The number of fused-ring (bicyclic) bond motifs is 2. The van der Waals surface area contributed by atoms with Crippen molar-refractivity contribution in [3.05, 3.63) is 75.4 Å². The summed E-state index contributed by atoms with van der Waals surface area (Å²) in [7, 11) is 0. The maximum absolute atomic E-state index is 13.4. The van der Waals surface area contributed by atoms with E-state index >= 15 is 0 Å². The van der Waals surface area contributed by atoms with E-state index in [9.17, 15) is 4.79 Å². The molecule has 29 heavy (non-hydrogen) atoms. The second-order valence-corrected chi connectivity index (χ2v) is 10.2. The first-order chi connectivity index (χ1) is 14.3. The van der Waals surface area contributed by atoms with E-state index in [-0.39, 0.29) is 5.91 Å². The Morgan fingerprint density at radius 3 is 2.72 bits per heavy atom. The first-order valence-corrected chi connectivity index (χ1v) is 12.2. The molecule has 1 amide bonds. The third kappa shape index (κ3) is 3.99. The van der Waals surface area contributed by atoms with Gasteiger partial charge in [0.1, 0.15) is 0 Å². The number of thioether (sulfide) groups is 1. The maximum Gasteiger partial charge on any atom is 0.257 e. The largest absolute Gasteiger partial charge is 0.322 e. The summed E-state index contributed by atoms with van der Waals surface area (Å²) >= 11 is 3.61. The van der Waals surface area contributed by atoms with Gasteiger partial charge in [-0.05, 0) is 91.5 Å². The number of nitrogens with zero attached hydrogens (tertiary/aromatic N) is 1. The van der Waals surface area contributed by atoms with Crippen molar-refractivity contribution in [2.24, 2.45) is 0 Å². The van der Waals surface area contributed by atoms with Crippen LogP contribution in [0.2, 0.25) is 0 Å². The number of carbonyl (C=O) groups is 1. The van der Waals surface area contributed by atoms with E-state index in [1.807, 2.05) is 35.9 Å². The summed E-state index contributed by atoms with van der Waals surface area (Å²) in [6.45, 7) is 0. The van der Waals surface area contributed by atoms with E-state index in [1.165, 1.54) is 46.4 Å². The molecule has 3 nitrogen and oxygen atoms in total. The second-order valence-electron chi connectivity index (χ2n) is 7.81. The number of hydrogen-bond acceptors (Lipinski definition) is 4. The van der Waals surface area contributed by atoms with Crippen LogP contribution in [-0.4, -0.2) is 10.9 Å². The Bertz CT molecular complexity index is 1040. The van der Waals surface area contributed by atoms with Gasteiger partial charge in [-0.15, -0.1) is 23.1 Å². The summed E-state index contributed by atoms with van der Waals surface area (Å²) in [4.78, 5) is 18.9. The smallest absolute Gasteiger partial charge is 0.257 e. The number of thiophene rings is 1. The number of rotatable bonds is 5. The van der Waals surface area contributed by atoms with Crippen molar-refractivity contribution in [2.45, 2.75) is 54.9 Å². The minimum absolute atomic E-state index is 0.0552. The zero-order valence-corrected chi connectivity index (χ0v) is 18.0. The number of pyridine rings is 1. The summed E-state index contributed by atoms with van der Waals surface area (Å²) < 4.78 is 1.16. The first-order valence-electron chi connectivity index (χ1n) is 10.4. The second kappa shape index (κ2) is 8.33. The normalized spacial score (nSPS) is 15.0. The van der Waals surface area contributed by atoms with Crippen molar-refractivity contribution in [3.63, 3.8) is 0 Å². The SMILES string of the molecule is O=C(Nc1ccc2c(c1)CCC2)c1c(SCc2ccncc2)sc2c1CCCC2. The predicted molar refractivity (Wildman–Crippen MR) is 121 cm³/mol. The van der Waals surface area contributed by atoms with E-state index in [1.54, 1.807) is 11.8 Å². The summed E-state index contributed by atoms with van der Waals surface area (Å²) in [5.41, 5.74) is 7.20. The third-order valence-corrected chi connectivity index (χ3v) is 8.48. The van der Waals surface area contributed by atoms with Gasteiger partial charge in [-0.25, -0.2) is 0 Å². The molecule has 2 aliphatic carbocycles. The molecule has 0 radical (unpaired) electrons. The number of benzene rings is 1. The average molecular weight is 421 g/mol. The van der Waals surface area contributed by atoms with Gasteiger partial charge in [0.05, 0.1) is 9.77 Å². The van der Waals surface area contributed by atoms with Crippen LogP contribution in [0.15, 0.2) is 46.9 Å². The lowest BCUT2D eigenvalue weighted by Crippen LogP contribution is -2.15. The Morgan fingerprint density at radius 2 is 1.83 bits per heavy atom. The molecule has 148 valence electrons. The molecule has 0 bridgehead atoms. The number of aryl methyl sites for hydroxylation is 3. The van der Waals surface area contributed by atoms with Crippen LogP contribution in [0.4, 0.5) is 5.69 Å². The molecule has 5 heteroatoms. The number of aromatic nitrogens is 1. The fraction of sp³-hybridized carbons (Fsp3) is 0.333. The van der Waals surface area contributed by atoms with Crippen molar-refractivity contribution >= 4 is 34.7 Å². The van der Waals surface area contributed by atoms with Crippen LogP contribution < -0.4 is 5.32 Å². The highest BCUT2D eigenvalue weighted by Gasteiger charge is 2.26. The van der Waals surface area contributed by atoms with Crippen molar-refractivity contribution in [1.29, 1.82) is 0 Å². The van der Waals surface area contributed by atoms with Gasteiger partial charge in [0.15, 0.2) is 0 Å². The molecule has 1 N–H and O–H groups in total. The van der Waals surface area contributed by atoms with Crippen LogP contribution in [0.5, 0.6) is 0 Å². The van der Waals surface area contributed by atoms with Gasteiger partial charge in [0.2, 0.25) is 0 Å². The molecule has 2 aromatic heterocycles. The maximum atomic E-state index is 13.4. The molecule has 2 aliphatic rings. The molecule has 1 aromatic carbocycles. The Hall–Kier alpha value is -2.11. The van der Waals surface area contributed by atoms with Gasteiger partial charge in [-0.2, -0.15) is 0 Å². The zero-order chi connectivity index (χ0) is 19.6. The van der Waals surface area contributed by atoms with Gasteiger partial charge in [0.25, 0.3) is 5.91 Å². The summed E-state index contributed by atoms with van der Waals surface area (Å²) in [6.07, 6.45) is 11.7. The van der Waals surface area contributed by atoms with Crippen molar-refractivity contribution in [2.75, 3.05) is 5.32 Å². The highest BCUT2D eigenvalue weighted by molar-refractivity contribution is 8.00. The molecule has 0 atom stereocenters. The Morgan fingerprint density at radius 1 is 1.00 bits per heavy atom. The Balaban J connectivity index is 1.41. The van der Waals surface area contributed by atoms with E-state index < -0.39 is 0 Å². The minimum atomic E-state index is 0.0552. The molecule has 5 rings (SSSR count). The standard InChI is InChI=1S/C24H24N2OS2/c27-23(26-19-9-8-17-4-3-5-18(17)14-19)22-20-6-1-2-7-21(20)29-24(22)28-15-16-10-12-25-13-11-16/h8-14H,1-7,15H2,(H,26,27). The monoisotopic (exact) mass is 420 g/mol. The van der Waals surface area contributed by atoms with Crippen molar-refractivity contribution in [1.82, 2.24) is 4.98 Å². The number of hydrogen-bond donors (Lipinski definition) is 1. The third-order valence-electron chi connectivity index (χ3n) is 5.84. The topological polar surface area (TPSA) is 42.0 Å². The Labute approximate surface area is 180 Å². The van der Waals surface area contributed by atoms with E-state index in [0.29, 0.717) is 0 Å². The highest BCUT2D eigenvalue weighted by atomic mass is 32.2. The van der Waals surface area contributed by atoms with Crippen LogP contribution >= 0.6 is 23.1 Å². The summed E-state index contributed by atoms with van der Waals surface area (Å²) in [6, 6.07) is 10.5. The van der Waals surface area contributed by atoms with Crippen molar-refractivity contribution < 1.29 is 4.79 Å². The molecular formula is C24H24N2OS2. The fourth-order valence-electron chi connectivity index (χ4n) is 4.34. The fourth-order valence-corrected chi connectivity index (χ4v) is 7.02. The van der Waals surface area contributed by atoms with Gasteiger partial charge in [-0.3, -0.25) is 9.78 Å². The molecular weight excluding hydrogens is 396 g/mol. The van der Waals surface area contributed by atoms with Gasteiger partial charge >= 0.3 is 0 Å². The average Bonchev–Trinajstić information content (AvgIpc) is 3.36. The molecule has 0 spiro atoms. The number of nitrogens with one attached hydrogen (secondary N) is 1. The Kier molecular flexibility index (Phi) is 5.42. The minimum Gasteiger partial charge on any atom is -0.322 e. The van der Waals surface area contributed by atoms with Crippen molar-refractivity contribution in [3.8, 4) is 0 Å². The predicted octanol–water partition coefficient (Wildman–Crippen LogP) is 6.06. The lowest BCUT2D eigenvalue weighted by Gasteiger charge is -2.13. The van der Waals surface area contributed by atoms with Crippen LogP contribution in [0, 0.1) is 0 Å². The van der Waals surface area contributed by atoms with Crippen LogP contribution in [0.1, 0.15) is 56.8 Å². The molecule has 0 saturated heterocycles. The summed E-state index contributed by atoms with van der Waals surface area (Å²) in [5, 5.41) is 3.21. The van der Waals surface area contributed by atoms with E-state index in [4.69, 9.17) is 0 Å². The van der Waals surface area contributed by atoms with Gasteiger partial charge in [0, 0.05) is 28.7 Å². The molecule has 0 fully saturated rings. The number of carbonyl (C=O) groups excluding carboxylic acids is 1. The van der Waals surface area contributed by atoms with Gasteiger partial charge < -0.3 is 5.32 Å². The zero-order valence-electron chi connectivity index (χ0n) is 16.4. The number of amides is 1. The van der Waals surface area contributed by atoms with Gasteiger partial charge in [-0.1, -0.05) is 6.07 Å². The summed E-state index contributed by atoms with van der Waals surface area (Å²) in [5.74, 6) is 0.917. The lowest BCUT2D eigenvalue weighted by atomic mass is 9.95. The van der Waals surface area contributed by atoms with Crippen LogP contribution in [0.25, 0.3) is 0 Å². The molecule has 0 aliphatic heterocycles. The first kappa shape index (κ1) is 18.9. The van der Waals surface area contributed by atoms with Crippen LogP contribution in [-0.2, 0) is 31.4 Å². The lowest BCUT2D eigenvalue weighted by molar-refractivity contribution is 0.102. The van der Waals surface area contributed by atoms with E-state index in [0.717, 1.165) is 46.9 Å². The molecule has 0 unspecified atom stereocenters.